The van der Waals surface area contributed by atoms with E-state index in [0.29, 0.717) is 24.0 Å². The number of nitrogens with one attached hydrogen (secondary N) is 1. The van der Waals surface area contributed by atoms with Crippen molar-refractivity contribution in [2.75, 3.05) is 40.5 Å². The highest BCUT2D eigenvalue weighted by molar-refractivity contribution is 5.76. The summed E-state index contributed by atoms with van der Waals surface area (Å²) in [4.78, 5) is 15.4. The summed E-state index contributed by atoms with van der Waals surface area (Å²) in [5, 5.41) is 3.17. The summed E-state index contributed by atoms with van der Waals surface area (Å²) in [7, 11) is 3.27. The van der Waals surface area contributed by atoms with Crippen LogP contribution in [0.5, 0.6) is 17.2 Å². The number of carbonyl (C=O) groups excluding carboxylic acids is 1. The molecule has 2 aromatic carbocycles. The van der Waals surface area contributed by atoms with Crippen LogP contribution in [0.15, 0.2) is 36.4 Å². The molecule has 34 heavy (non-hydrogen) atoms. The first-order valence-corrected chi connectivity index (χ1v) is 12.1. The van der Waals surface area contributed by atoms with E-state index >= 15 is 0 Å². The normalized spacial score (nSPS) is 26.7. The zero-order valence-corrected chi connectivity index (χ0v) is 20.4. The van der Waals surface area contributed by atoms with Crippen molar-refractivity contribution in [3.63, 3.8) is 0 Å². The Labute approximate surface area is 201 Å². The van der Waals surface area contributed by atoms with Crippen molar-refractivity contribution in [2.45, 2.75) is 38.8 Å². The van der Waals surface area contributed by atoms with Crippen LogP contribution < -0.4 is 19.5 Å². The standard InChI is InChI=1S/C27H34N2O5/c1-27(2)16-33-22-14-18(19-6-5-7-21(31-3)24(19)32-4)8-9-20(22)25(27)28-26(30)34-23-15-29-12-10-17(23)11-13-29/h5-9,14,17,23,25H,10-13,15-16H2,1-4H3,(H,28,30)/t23-,25?/m0/s1. The van der Waals surface area contributed by atoms with Gasteiger partial charge in [-0.3, -0.25) is 4.90 Å². The molecule has 4 aliphatic heterocycles. The maximum atomic E-state index is 13.0. The Balaban J connectivity index is 1.38. The van der Waals surface area contributed by atoms with E-state index in [9.17, 15) is 4.79 Å². The monoisotopic (exact) mass is 466 g/mol. The minimum absolute atomic E-state index is 0.0205. The molecule has 0 aliphatic carbocycles. The van der Waals surface area contributed by atoms with Crippen LogP contribution in [0.1, 0.15) is 38.3 Å². The zero-order chi connectivity index (χ0) is 23.9. The van der Waals surface area contributed by atoms with Gasteiger partial charge in [0.1, 0.15) is 11.9 Å². The van der Waals surface area contributed by atoms with E-state index in [4.69, 9.17) is 18.9 Å². The summed E-state index contributed by atoms with van der Waals surface area (Å²) in [6.45, 7) is 7.78. The Hall–Kier alpha value is -2.93. The maximum Gasteiger partial charge on any atom is 0.407 e. The number of amides is 1. The van der Waals surface area contributed by atoms with Gasteiger partial charge < -0.3 is 24.3 Å². The molecule has 182 valence electrons. The van der Waals surface area contributed by atoms with Crippen molar-refractivity contribution >= 4 is 6.09 Å². The minimum Gasteiger partial charge on any atom is -0.493 e. The molecular formula is C27H34N2O5. The van der Waals surface area contributed by atoms with Gasteiger partial charge in [-0.15, -0.1) is 0 Å². The van der Waals surface area contributed by atoms with Crippen LogP contribution in [0.2, 0.25) is 0 Å². The van der Waals surface area contributed by atoms with Gasteiger partial charge in [0.25, 0.3) is 0 Å². The number of hydrogen-bond donors (Lipinski definition) is 1. The van der Waals surface area contributed by atoms with E-state index in [2.05, 4.69) is 24.1 Å². The zero-order valence-electron chi connectivity index (χ0n) is 20.4. The minimum atomic E-state index is -0.344. The lowest BCUT2D eigenvalue weighted by molar-refractivity contribution is -0.0361. The molecule has 4 heterocycles. The smallest absolute Gasteiger partial charge is 0.407 e. The highest BCUT2D eigenvalue weighted by Crippen LogP contribution is 2.46. The molecule has 2 atom stereocenters. The van der Waals surface area contributed by atoms with Gasteiger partial charge in [-0.05, 0) is 49.5 Å². The second-order valence-corrected chi connectivity index (χ2v) is 10.2. The van der Waals surface area contributed by atoms with Crippen LogP contribution in [0.3, 0.4) is 0 Å². The molecule has 7 heteroatoms. The predicted molar refractivity (Wildman–Crippen MR) is 130 cm³/mol. The number of carbonyl (C=O) groups is 1. The second-order valence-electron chi connectivity index (χ2n) is 10.2. The molecule has 2 aromatic rings. The third kappa shape index (κ3) is 4.17. The van der Waals surface area contributed by atoms with Crippen LogP contribution in [-0.2, 0) is 4.74 Å². The number of fused-ring (bicyclic) bond motifs is 4. The number of rotatable bonds is 5. The van der Waals surface area contributed by atoms with Crippen LogP contribution >= 0.6 is 0 Å². The van der Waals surface area contributed by atoms with Crippen LogP contribution in [0.25, 0.3) is 11.1 Å². The van der Waals surface area contributed by atoms with Gasteiger partial charge in [-0.2, -0.15) is 0 Å². The highest BCUT2D eigenvalue weighted by Gasteiger charge is 2.41. The lowest BCUT2D eigenvalue weighted by Gasteiger charge is -2.44. The van der Waals surface area contributed by atoms with Crippen molar-refractivity contribution in [3.05, 3.63) is 42.0 Å². The van der Waals surface area contributed by atoms with E-state index in [1.807, 2.05) is 36.4 Å². The third-order valence-corrected chi connectivity index (χ3v) is 7.54. The van der Waals surface area contributed by atoms with Gasteiger partial charge in [0.15, 0.2) is 11.5 Å². The van der Waals surface area contributed by atoms with Gasteiger partial charge in [-0.1, -0.05) is 38.1 Å². The molecule has 4 aliphatic rings. The van der Waals surface area contributed by atoms with E-state index in [1.54, 1.807) is 14.2 Å². The molecule has 6 rings (SSSR count). The van der Waals surface area contributed by atoms with Crippen molar-refractivity contribution in [1.29, 1.82) is 0 Å². The van der Waals surface area contributed by atoms with E-state index in [0.717, 1.165) is 54.9 Å². The fourth-order valence-corrected chi connectivity index (χ4v) is 5.55. The van der Waals surface area contributed by atoms with Gasteiger partial charge >= 0.3 is 6.09 Å². The Morgan fingerprint density at radius 1 is 1.12 bits per heavy atom. The summed E-state index contributed by atoms with van der Waals surface area (Å²) < 4.78 is 23.2. The first-order valence-electron chi connectivity index (χ1n) is 12.1. The number of ether oxygens (including phenoxy) is 4. The largest absolute Gasteiger partial charge is 0.493 e. The van der Waals surface area contributed by atoms with Crippen LogP contribution in [-0.4, -0.2) is 57.6 Å². The van der Waals surface area contributed by atoms with Gasteiger partial charge in [0.2, 0.25) is 0 Å². The van der Waals surface area contributed by atoms with Crippen LogP contribution in [0.4, 0.5) is 4.79 Å². The van der Waals surface area contributed by atoms with Crippen molar-refractivity contribution in [2.24, 2.45) is 11.3 Å². The van der Waals surface area contributed by atoms with E-state index in [-0.39, 0.29) is 23.7 Å². The van der Waals surface area contributed by atoms with Crippen molar-refractivity contribution < 1.29 is 23.7 Å². The Bertz CT molecular complexity index is 1060. The number of alkyl carbamates (subject to hydrolysis) is 1. The molecule has 2 bridgehead atoms. The average molecular weight is 467 g/mol. The Kier molecular flexibility index (Phi) is 6.06. The summed E-state index contributed by atoms with van der Waals surface area (Å²) in [6, 6.07) is 11.7. The Morgan fingerprint density at radius 2 is 1.91 bits per heavy atom. The summed E-state index contributed by atoms with van der Waals surface area (Å²) in [5.74, 6) is 2.59. The molecule has 1 amide bonds. The predicted octanol–water partition coefficient (Wildman–Crippen LogP) is 4.65. The molecule has 1 unspecified atom stereocenters. The molecule has 0 spiro atoms. The fourth-order valence-electron chi connectivity index (χ4n) is 5.55. The lowest BCUT2D eigenvalue weighted by Crippen LogP contribution is -2.53. The van der Waals surface area contributed by atoms with E-state index < -0.39 is 0 Å². The third-order valence-electron chi connectivity index (χ3n) is 7.54. The summed E-state index contributed by atoms with van der Waals surface area (Å²) in [5.41, 5.74) is 2.55. The van der Waals surface area contributed by atoms with Crippen molar-refractivity contribution in [3.8, 4) is 28.4 Å². The topological polar surface area (TPSA) is 69.3 Å². The van der Waals surface area contributed by atoms with Gasteiger partial charge in [-0.25, -0.2) is 4.79 Å². The fraction of sp³-hybridized carbons (Fsp3) is 0.519. The Morgan fingerprint density at radius 3 is 2.59 bits per heavy atom. The average Bonchev–Trinajstić information content (AvgIpc) is 2.85. The van der Waals surface area contributed by atoms with E-state index in [1.165, 1.54) is 0 Å². The number of methoxy groups -OCH3 is 2. The molecule has 0 radical (unpaired) electrons. The number of hydrogen-bond acceptors (Lipinski definition) is 6. The number of piperidine rings is 3. The van der Waals surface area contributed by atoms with Crippen LogP contribution in [0, 0.1) is 11.3 Å². The quantitative estimate of drug-likeness (QED) is 0.692. The second kappa shape index (κ2) is 9.02. The molecule has 3 saturated heterocycles. The van der Waals surface area contributed by atoms with Crippen molar-refractivity contribution in [1.82, 2.24) is 10.2 Å². The number of para-hydroxylation sites is 1. The lowest BCUT2D eigenvalue weighted by atomic mass is 9.78. The molecular weight excluding hydrogens is 432 g/mol. The summed E-state index contributed by atoms with van der Waals surface area (Å²) >= 11 is 0. The first-order chi connectivity index (χ1) is 16.4. The highest BCUT2D eigenvalue weighted by atomic mass is 16.6. The number of benzene rings is 2. The maximum absolute atomic E-state index is 13.0. The van der Waals surface area contributed by atoms with Gasteiger partial charge in [0.05, 0.1) is 26.9 Å². The number of nitrogens with zero attached hydrogens (tertiary/aromatic N) is 1. The van der Waals surface area contributed by atoms with Gasteiger partial charge in [0, 0.05) is 23.1 Å². The molecule has 0 saturated carbocycles. The first kappa shape index (κ1) is 22.8. The molecule has 0 aromatic heterocycles. The molecule has 1 N–H and O–H groups in total. The SMILES string of the molecule is COc1cccc(-c2ccc3c(c2)OCC(C)(C)C3NC(=O)O[C@H]2CN3CCC2CC3)c1OC. The molecule has 7 nitrogen and oxygen atoms in total. The summed E-state index contributed by atoms with van der Waals surface area (Å²) in [6.07, 6.45) is 1.86. The molecule has 3 fully saturated rings.